The fraction of sp³-hybridized carbons (Fsp3) is 0.200. The number of hydrogen-bond donors (Lipinski definition) is 2. The van der Waals surface area contributed by atoms with E-state index >= 15 is 0 Å². The number of halogens is 2. The Bertz CT molecular complexity index is 644. The molecule has 1 aromatic carbocycles. The molecule has 21 heavy (non-hydrogen) atoms. The second-order valence-corrected chi connectivity index (χ2v) is 4.55. The van der Waals surface area contributed by atoms with Gasteiger partial charge < -0.3 is 10.6 Å². The second kappa shape index (κ2) is 6.30. The number of rotatable bonds is 4. The van der Waals surface area contributed by atoms with Crippen molar-refractivity contribution in [2.45, 2.75) is 13.0 Å². The summed E-state index contributed by atoms with van der Waals surface area (Å²) in [5.41, 5.74) is 0.867. The van der Waals surface area contributed by atoms with E-state index in [0.29, 0.717) is 5.82 Å². The van der Waals surface area contributed by atoms with Crippen molar-refractivity contribution in [3.63, 3.8) is 0 Å². The Kier molecular flexibility index (Phi) is 4.47. The van der Waals surface area contributed by atoms with Crippen molar-refractivity contribution >= 4 is 11.7 Å². The number of carbonyl (C=O) groups excluding carboxylic acids is 1. The van der Waals surface area contributed by atoms with Gasteiger partial charge in [-0.2, -0.15) is 0 Å². The van der Waals surface area contributed by atoms with E-state index in [-0.39, 0.29) is 17.4 Å². The maximum Gasteiger partial charge on any atom is 0.255 e. The molecular formula is C15H15F2N3O. The monoisotopic (exact) mass is 291 g/mol. The zero-order valence-electron chi connectivity index (χ0n) is 11.7. The smallest absolute Gasteiger partial charge is 0.255 e. The SMILES string of the molecule is CNc1ncc(F)cc1C(=O)NC(C)c1ccc(F)cc1. The summed E-state index contributed by atoms with van der Waals surface area (Å²) in [7, 11) is 1.60. The molecule has 1 atom stereocenters. The number of benzene rings is 1. The van der Waals surface area contributed by atoms with E-state index in [0.717, 1.165) is 17.8 Å². The summed E-state index contributed by atoms with van der Waals surface area (Å²) in [6.07, 6.45) is 1.03. The van der Waals surface area contributed by atoms with Gasteiger partial charge in [0, 0.05) is 7.05 Å². The van der Waals surface area contributed by atoms with Crippen LogP contribution in [0.25, 0.3) is 0 Å². The van der Waals surface area contributed by atoms with Gasteiger partial charge >= 0.3 is 0 Å². The Morgan fingerprint density at radius 1 is 1.19 bits per heavy atom. The number of anilines is 1. The van der Waals surface area contributed by atoms with E-state index in [1.807, 2.05) is 0 Å². The summed E-state index contributed by atoms with van der Waals surface area (Å²) >= 11 is 0. The van der Waals surface area contributed by atoms with Gasteiger partial charge in [-0.1, -0.05) is 12.1 Å². The number of nitrogens with one attached hydrogen (secondary N) is 2. The van der Waals surface area contributed by atoms with Crippen LogP contribution in [-0.2, 0) is 0 Å². The molecule has 2 rings (SSSR count). The summed E-state index contributed by atoms with van der Waals surface area (Å²) in [6.45, 7) is 1.76. The minimum absolute atomic E-state index is 0.117. The highest BCUT2D eigenvalue weighted by Crippen LogP contribution is 2.17. The van der Waals surface area contributed by atoms with Crippen LogP contribution in [0, 0.1) is 11.6 Å². The first-order valence-electron chi connectivity index (χ1n) is 6.41. The zero-order chi connectivity index (χ0) is 15.4. The molecule has 4 nitrogen and oxygen atoms in total. The zero-order valence-corrected chi connectivity index (χ0v) is 11.7. The molecule has 0 aliphatic rings. The van der Waals surface area contributed by atoms with Gasteiger partial charge in [0.05, 0.1) is 17.8 Å². The van der Waals surface area contributed by atoms with Crippen molar-refractivity contribution in [3.8, 4) is 0 Å². The number of amides is 1. The van der Waals surface area contributed by atoms with Crippen LogP contribution in [0.15, 0.2) is 36.5 Å². The van der Waals surface area contributed by atoms with Gasteiger partial charge in [-0.3, -0.25) is 4.79 Å². The number of nitrogens with zero attached hydrogens (tertiary/aromatic N) is 1. The van der Waals surface area contributed by atoms with Gasteiger partial charge in [-0.05, 0) is 30.7 Å². The molecule has 2 aromatic rings. The maximum atomic E-state index is 13.2. The van der Waals surface area contributed by atoms with E-state index in [9.17, 15) is 13.6 Å². The van der Waals surface area contributed by atoms with Crippen LogP contribution in [0.4, 0.5) is 14.6 Å². The lowest BCUT2D eigenvalue weighted by Crippen LogP contribution is -2.27. The Morgan fingerprint density at radius 3 is 2.48 bits per heavy atom. The van der Waals surface area contributed by atoms with Crippen molar-refractivity contribution in [3.05, 3.63) is 59.3 Å². The molecule has 0 saturated heterocycles. The van der Waals surface area contributed by atoms with Crippen LogP contribution in [0.3, 0.4) is 0 Å². The highest BCUT2D eigenvalue weighted by molar-refractivity contribution is 5.98. The average Bonchev–Trinajstić information content (AvgIpc) is 2.47. The van der Waals surface area contributed by atoms with E-state index in [1.165, 1.54) is 12.1 Å². The molecule has 1 unspecified atom stereocenters. The number of carbonyl (C=O) groups is 1. The molecule has 1 amide bonds. The second-order valence-electron chi connectivity index (χ2n) is 4.55. The lowest BCUT2D eigenvalue weighted by Gasteiger charge is -2.15. The lowest BCUT2D eigenvalue weighted by atomic mass is 10.1. The molecule has 1 aromatic heterocycles. The van der Waals surface area contributed by atoms with Crippen LogP contribution < -0.4 is 10.6 Å². The molecule has 6 heteroatoms. The summed E-state index contributed by atoms with van der Waals surface area (Å²) in [5, 5.41) is 5.46. The molecule has 1 heterocycles. The Hall–Kier alpha value is -2.50. The van der Waals surface area contributed by atoms with Crippen LogP contribution in [0.1, 0.15) is 28.9 Å². The largest absolute Gasteiger partial charge is 0.372 e. The van der Waals surface area contributed by atoms with E-state index in [2.05, 4.69) is 15.6 Å². The molecule has 0 aliphatic carbocycles. The predicted octanol–water partition coefficient (Wildman–Crippen LogP) is 2.89. The van der Waals surface area contributed by atoms with Crippen molar-refractivity contribution in [2.24, 2.45) is 0 Å². The van der Waals surface area contributed by atoms with Crippen LogP contribution in [0.2, 0.25) is 0 Å². The first-order chi connectivity index (χ1) is 10.0. The minimum atomic E-state index is -0.589. The predicted molar refractivity (Wildman–Crippen MR) is 76.0 cm³/mol. The van der Waals surface area contributed by atoms with Crippen LogP contribution in [0.5, 0.6) is 0 Å². The normalized spacial score (nSPS) is 11.8. The molecule has 0 saturated carbocycles. The third-order valence-corrected chi connectivity index (χ3v) is 3.05. The van der Waals surface area contributed by atoms with Gasteiger partial charge in [0.15, 0.2) is 0 Å². The molecular weight excluding hydrogens is 276 g/mol. The Balaban J connectivity index is 2.17. The molecule has 0 radical (unpaired) electrons. The van der Waals surface area contributed by atoms with Gasteiger partial charge in [0.25, 0.3) is 5.91 Å². The van der Waals surface area contributed by atoms with E-state index in [4.69, 9.17) is 0 Å². The highest BCUT2D eigenvalue weighted by Gasteiger charge is 2.16. The summed E-state index contributed by atoms with van der Waals surface area (Å²) < 4.78 is 26.1. The van der Waals surface area contributed by atoms with Crippen LogP contribution >= 0.6 is 0 Å². The van der Waals surface area contributed by atoms with Gasteiger partial charge in [0.1, 0.15) is 17.5 Å². The molecule has 110 valence electrons. The van der Waals surface area contributed by atoms with Crippen LogP contribution in [-0.4, -0.2) is 17.9 Å². The van der Waals surface area contributed by atoms with Crippen molar-refractivity contribution in [2.75, 3.05) is 12.4 Å². The maximum absolute atomic E-state index is 13.2. The Morgan fingerprint density at radius 2 is 1.86 bits per heavy atom. The average molecular weight is 291 g/mol. The fourth-order valence-corrected chi connectivity index (χ4v) is 1.92. The van der Waals surface area contributed by atoms with Gasteiger partial charge in [-0.25, -0.2) is 13.8 Å². The van der Waals surface area contributed by atoms with Gasteiger partial charge in [-0.15, -0.1) is 0 Å². The van der Waals surface area contributed by atoms with Crippen molar-refractivity contribution < 1.29 is 13.6 Å². The Labute approximate surface area is 121 Å². The van der Waals surface area contributed by atoms with E-state index in [1.54, 1.807) is 26.1 Å². The lowest BCUT2D eigenvalue weighted by molar-refractivity contribution is 0.0940. The molecule has 0 aliphatic heterocycles. The third kappa shape index (κ3) is 3.53. The minimum Gasteiger partial charge on any atom is -0.372 e. The topological polar surface area (TPSA) is 54.0 Å². The molecule has 0 fully saturated rings. The number of aromatic nitrogens is 1. The number of hydrogen-bond acceptors (Lipinski definition) is 3. The third-order valence-electron chi connectivity index (χ3n) is 3.05. The standard InChI is InChI=1S/C15H15F2N3O/c1-9(10-3-5-11(16)6-4-10)20-15(21)13-7-12(17)8-19-14(13)18-2/h3-9H,1-2H3,(H,18,19)(H,20,21). The quantitative estimate of drug-likeness (QED) is 0.910. The molecule has 2 N–H and O–H groups in total. The van der Waals surface area contributed by atoms with Crippen molar-refractivity contribution in [1.82, 2.24) is 10.3 Å². The molecule has 0 bridgehead atoms. The fourth-order valence-electron chi connectivity index (χ4n) is 1.92. The van der Waals surface area contributed by atoms with Gasteiger partial charge in [0.2, 0.25) is 0 Å². The number of pyridine rings is 1. The summed E-state index contributed by atoms with van der Waals surface area (Å²) in [4.78, 5) is 16.0. The molecule has 0 spiro atoms. The first kappa shape index (κ1) is 14.9. The van der Waals surface area contributed by atoms with Crippen molar-refractivity contribution in [1.29, 1.82) is 0 Å². The summed E-state index contributed by atoms with van der Waals surface area (Å²) in [5.74, 6) is -1.10. The summed E-state index contributed by atoms with van der Waals surface area (Å²) in [6, 6.07) is 6.59. The first-order valence-corrected chi connectivity index (χ1v) is 6.41. The van der Waals surface area contributed by atoms with E-state index < -0.39 is 11.7 Å². The highest BCUT2D eigenvalue weighted by atomic mass is 19.1.